The number of fused-ring (bicyclic) bond motifs is 2. The molecule has 31 heavy (non-hydrogen) atoms. The third-order valence-corrected chi connectivity index (χ3v) is 7.75. The number of aryl methyl sites for hydroxylation is 1. The summed E-state index contributed by atoms with van der Waals surface area (Å²) in [6.07, 6.45) is 0. The van der Waals surface area contributed by atoms with Crippen molar-refractivity contribution >= 4 is 46.6 Å². The van der Waals surface area contributed by atoms with E-state index >= 15 is 0 Å². The first-order chi connectivity index (χ1) is 14.9. The Labute approximate surface area is 190 Å². The molecule has 5 rings (SSSR count). The molecule has 2 atom stereocenters. The summed E-state index contributed by atoms with van der Waals surface area (Å²) in [4.78, 5) is 29.8. The van der Waals surface area contributed by atoms with E-state index in [4.69, 9.17) is 11.6 Å². The Morgan fingerprint density at radius 3 is 2.39 bits per heavy atom. The van der Waals surface area contributed by atoms with E-state index in [2.05, 4.69) is 0 Å². The Morgan fingerprint density at radius 1 is 0.968 bits per heavy atom. The molecule has 2 aliphatic rings. The summed E-state index contributed by atoms with van der Waals surface area (Å²) in [7, 11) is 0. The van der Waals surface area contributed by atoms with Crippen molar-refractivity contribution in [1.29, 1.82) is 0 Å². The predicted octanol–water partition coefficient (Wildman–Crippen LogP) is 5.52. The second kappa shape index (κ2) is 7.43. The highest BCUT2D eigenvalue weighted by atomic mass is 35.5. The van der Waals surface area contributed by atoms with Gasteiger partial charge in [0.2, 0.25) is 10.8 Å². The molecule has 6 heteroatoms. The summed E-state index contributed by atoms with van der Waals surface area (Å²) < 4.78 is 0. The van der Waals surface area contributed by atoms with E-state index < -0.39 is 4.87 Å². The van der Waals surface area contributed by atoms with Gasteiger partial charge in [0, 0.05) is 16.3 Å². The van der Waals surface area contributed by atoms with Crippen LogP contribution in [0.4, 0.5) is 11.4 Å². The molecule has 0 aromatic heterocycles. The van der Waals surface area contributed by atoms with Gasteiger partial charge in [0.1, 0.15) is 0 Å². The van der Waals surface area contributed by atoms with Gasteiger partial charge in [0.25, 0.3) is 5.91 Å². The molecule has 3 aromatic carbocycles. The van der Waals surface area contributed by atoms with E-state index in [0.717, 1.165) is 28.1 Å². The lowest BCUT2D eigenvalue weighted by Crippen LogP contribution is -2.49. The fraction of sp³-hybridized carbons (Fsp3) is 0.200. The normalized spacial score (nSPS) is 22.5. The van der Waals surface area contributed by atoms with E-state index in [0.29, 0.717) is 11.6 Å². The van der Waals surface area contributed by atoms with Gasteiger partial charge in [0.15, 0.2) is 0 Å². The highest BCUT2D eigenvalue weighted by molar-refractivity contribution is 8.03. The van der Waals surface area contributed by atoms with Crippen molar-refractivity contribution in [3.05, 3.63) is 94.5 Å². The number of halogens is 1. The molecule has 0 radical (unpaired) electrons. The van der Waals surface area contributed by atoms with Crippen molar-refractivity contribution in [2.24, 2.45) is 0 Å². The van der Waals surface area contributed by atoms with Crippen LogP contribution in [0, 0.1) is 6.92 Å². The van der Waals surface area contributed by atoms with Crippen LogP contribution >= 0.6 is 23.4 Å². The van der Waals surface area contributed by atoms with Crippen LogP contribution in [-0.2, 0) is 21.0 Å². The fourth-order valence-electron chi connectivity index (χ4n) is 4.39. The maximum Gasteiger partial charge on any atom is 0.269 e. The zero-order valence-corrected chi connectivity index (χ0v) is 18.8. The monoisotopic (exact) mass is 448 g/mol. The second-order valence-electron chi connectivity index (χ2n) is 7.91. The molecule has 4 nitrogen and oxygen atoms in total. The Kier molecular flexibility index (Phi) is 4.83. The minimum Gasteiger partial charge on any atom is -0.304 e. The summed E-state index contributed by atoms with van der Waals surface area (Å²) in [6.45, 7) is 4.22. The van der Waals surface area contributed by atoms with Crippen molar-refractivity contribution in [2.75, 3.05) is 9.80 Å². The smallest absolute Gasteiger partial charge is 0.269 e. The van der Waals surface area contributed by atoms with Crippen LogP contribution in [0.3, 0.4) is 0 Å². The summed E-state index contributed by atoms with van der Waals surface area (Å²) in [5.41, 5.74) is 4.36. The SMILES string of the molecule is Cc1ccc(N2C(=O)C(C)SC23C(=O)N(Cc2ccccc2Cl)c2ccccc23)cc1. The van der Waals surface area contributed by atoms with Crippen molar-refractivity contribution < 1.29 is 9.59 Å². The summed E-state index contributed by atoms with van der Waals surface area (Å²) in [5.74, 6) is -0.173. The predicted molar refractivity (Wildman–Crippen MR) is 126 cm³/mol. The number of rotatable bonds is 3. The van der Waals surface area contributed by atoms with Crippen molar-refractivity contribution in [3.8, 4) is 0 Å². The zero-order chi connectivity index (χ0) is 21.8. The third-order valence-electron chi connectivity index (χ3n) is 5.90. The molecular weight excluding hydrogens is 428 g/mol. The molecule has 156 valence electrons. The molecule has 1 spiro atoms. The number of carbonyl (C=O) groups excluding carboxylic acids is 2. The van der Waals surface area contributed by atoms with Crippen molar-refractivity contribution in [2.45, 2.75) is 30.5 Å². The van der Waals surface area contributed by atoms with Crippen molar-refractivity contribution in [1.82, 2.24) is 0 Å². The number of nitrogens with zero attached hydrogens (tertiary/aromatic N) is 2. The molecular formula is C25H21ClN2O2S. The first kappa shape index (κ1) is 20.2. The van der Waals surface area contributed by atoms with Gasteiger partial charge in [-0.05, 0) is 43.7 Å². The van der Waals surface area contributed by atoms with Crippen LogP contribution < -0.4 is 9.80 Å². The van der Waals surface area contributed by atoms with Gasteiger partial charge >= 0.3 is 0 Å². The zero-order valence-electron chi connectivity index (χ0n) is 17.2. The quantitative estimate of drug-likeness (QED) is 0.530. The van der Waals surface area contributed by atoms with Crippen LogP contribution in [-0.4, -0.2) is 17.1 Å². The lowest BCUT2D eigenvalue weighted by molar-refractivity contribution is -0.124. The molecule has 0 aliphatic carbocycles. The molecule has 0 saturated carbocycles. The first-order valence-corrected chi connectivity index (χ1v) is 11.4. The van der Waals surface area contributed by atoms with Crippen LogP contribution in [0.2, 0.25) is 5.02 Å². The molecule has 2 amide bonds. The lowest BCUT2D eigenvalue weighted by atomic mass is 10.0. The number of thioether (sulfide) groups is 1. The number of para-hydroxylation sites is 1. The Balaban J connectivity index is 1.67. The highest BCUT2D eigenvalue weighted by Gasteiger charge is 2.63. The Bertz CT molecular complexity index is 1200. The number of benzene rings is 3. The number of carbonyl (C=O) groups is 2. The molecule has 1 fully saturated rings. The summed E-state index contributed by atoms with van der Waals surface area (Å²) >= 11 is 7.82. The van der Waals surface area contributed by atoms with Gasteiger partial charge in [-0.3, -0.25) is 14.5 Å². The van der Waals surface area contributed by atoms with E-state index in [9.17, 15) is 9.59 Å². The average Bonchev–Trinajstić information content (AvgIpc) is 3.17. The van der Waals surface area contributed by atoms with E-state index in [-0.39, 0.29) is 17.1 Å². The molecule has 3 aromatic rings. The molecule has 1 saturated heterocycles. The number of hydrogen-bond donors (Lipinski definition) is 0. The Morgan fingerprint density at radius 2 is 1.65 bits per heavy atom. The van der Waals surface area contributed by atoms with Gasteiger partial charge in [-0.25, -0.2) is 0 Å². The largest absolute Gasteiger partial charge is 0.304 e. The number of hydrogen-bond acceptors (Lipinski definition) is 3. The van der Waals surface area contributed by atoms with Crippen LogP contribution in [0.5, 0.6) is 0 Å². The van der Waals surface area contributed by atoms with Crippen LogP contribution in [0.15, 0.2) is 72.8 Å². The highest BCUT2D eigenvalue weighted by Crippen LogP contribution is 2.58. The van der Waals surface area contributed by atoms with E-state index in [1.807, 2.05) is 86.6 Å². The van der Waals surface area contributed by atoms with Gasteiger partial charge in [-0.2, -0.15) is 0 Å². The maximum absolute atomic E-state index is 14.1. The lowest BCUT2D eigenvalue weighted by Gasteiger charge is -2.33. The van der Waals surface area contributed by atoms with Gasteiger partial charge < -0.3 is 4.90 Å². The van der Waals surface area contributed by atoms with Crippen molar-refractivity contribution in [3.63, 3.8) is 0 Å². The third kappa shape index (κ3) is 2.99. The summed E-state index contributed by atoms with van der Waals surface area (Å²) in [6, 6.07) is 23.1. The average molecular weight is 449 g/mol. The summed E-state index contributed by atoms with van der Waals surface area (Å²) in [5, 5.41) is 0.284. The molecule has 0 bridgehead atoms. The fourth-order valence-corrected chi connectivity index (χ4v) is 6.11. The molecule has 0 N–H and O–H groups in total. The van der Waals surface area contributed by atoms with Gasteiger partial charge in [-0.1, -0.05) is 65.7 Å². The minimum absolute atomic E-state index is 0.0587. The Hall–Kier alpha value is -2.76. The van der Waals surface area contributed by atoms with Gasteiger partial charge in [0.05, 0.1) is 17.5 Å². The van der Waals surface area contributed by atoms with E-state index in [1.54, 1.807) is 9.80 Å². The van der Waals surface area contributed by atoms with Crippen LogP contribution in [0.1, 0.15) is 23.6 Å². The molecule has 2 aliphatic heterocycles. The maximum atomic E-state index is 14.1. The van der Waals surface area contributed by atoms with E-state index in [1.165, 1.54) is 11.8 Å². The van der Waals surface area contributed by atoms with Crippen LogP contribution in [0.25, 0.3) is 0 Å². The first-order valence-electron chi connectivity index (χ1n) is 10.2. The standard InChI is InChI=1S/C25H21ClN2O2S/c1-16-11-13-19(14-12-16)28-23(29)17(2)31-25(28)20-8-4-6-10-22(20)27(24(25)30)15-18-7-3-5-9-21(18)26/h3-14,17H,15H2,1-2H3. The molecule has 2 unspecified atom stereocenters. The second-order valence-corrected chi connectivity index (χ2v) is 9.85. The minimum atomic E-state index is -1.12. The van der Waals surface area contributed by atoms with Gasteiger partial charge in [-0.15, -0.1) is 11.8 Å². The number of amides is 2. The number of anilines is 2. The topological polar surface area (TPSA) is 40.6 Å². The molecule has 2 heterocycles.